The molecule has 1 atom stereocenters. The zero-order chi connectivity index (χ0) is 36.3. The van der Waals surface area contributed by atoms with Crippen molar-refractivity contribution in [3.05, 3.63) is 217 Å². The van der Waals surface area contributed by atoms with Gasteiger partial charge in [-0.3, -0.25) is 0 Å². The van der Waals surface area contributed by atoms with Crippen molar-refractivity contribution in [1.82, 2.24) is 9.88 Å². The first-order valence-corrected chi connectivity index (χ1v) is 18.9. The average Bonchev–Trinajstić information content (AvgIpc) is 3.62. The SMILES string of the molecule is C1=C(c2ccccc2)N=C(c2cc3c4ccccc4c4c(c5ccccc5n4-c4ccccc4)c3c3ccccc23)NC1c1cccc(-c2ccccc2)c1. The van der Waals surface area contributed by atoms with Crippen molar-refractivity contribution in [2.24, 2.45) is 4.99 Å². The molecular formula is C52H35N3. The van der Waals surface area contributed by atoms with E-state index in [0.717, 1.165) is 28.3 Å². The maximum Gasteiger partial charge on any atom is 0.135 e. The Morgan fingerprint density at radius 1 is 0.436 bits per heavy atom. The molecule has 0 amide bonds. The second kappa shape index (κ2) is 12.7. The van der Waals surface area contributed by atoms with E-state index >= 15 is 0 Å². The molecule has 2 heterocycles. The highest BCUT2D eigenvalue weighted by atomic mass is 15.0. The van der Waals surface area contributed by atoms with Crippen molar-refractivity contribution in [2.75, 3.05) is 0 Å². The summed E-state index contributed by atoms with van der Waals surface area (Å²) in [6.07, 6.45) is 2.27. The van der Waals surface area contributed by atoms with E-state index in [9.17, 15) is 0 Å². The van der Waals surface area contributed by atoms with Crippen LogP contribution in [0.15, 0.2) is 205 Å². The maximum atomic E-state index is 5.43. The van der Waals surface area contributed by atoms with E-state index in [4.69, 9.17) is 4.99 Å². The number of para-hydroxylation sites is 2. The monoisotopic (exact) mass is 701 g/mol. The number of hydrogen-bond donors (Lipinski definition) is 1. The topological polar surface area (TPSA) is 29.3 Å². The van der Waals surface area contributed by atoms with Gasteiger partial charge >= 0.3 is 0 Å². The van der Waals surface area contributed by atoms with E-state index in [1.165, 1.54) is 70.8 Å². The molecule has 0 bridgehead atoms. The van der Waals surface area contributed by atoms with Crippen molar-refractivity contribution in [3.63, 3.8) is 0 Å². The number of amidine groups is 1. The molecule has 3 heteroatoms. The van der Waals surface area contributed by atoms with Crippen LogP contribution in [0.4, 0.5) is 0 Å². The zero-order valence-electron chi connectivity index (χ0n) is 30.0. The van der Waals surface area contributed by atoms with Crippen molar-refractivity contribution >= 4 is 65.7 Å². The normalized spacial score (nSPS) is 14.4. The third-order valence-electron chi connectivity index (χ3n) is 11.2. The summed E-state index contributed by atoms with van der Waals surface area (Å²) in [5.74, 6) is 0.866. The third-order valence-corrected chi connectivity index (χ3v) is 11.2. The Morgan fingerprint density at radius 2 is 1.04 bits per heavy atom. The van der Waals surface area contributed by atoms with Gasteiger partial charge in [-0.05, 0) is 80.2 Å². The van der Waals surface area contributed by atoms with Crippen LogP contribution in [0.25, 0.3) is 76.6 Å². The van der Waals surface area contributed by atoms with Crippen molar-refractivity contribution < 1.29 is 0 Å². The van der Waals surface area contributed by atoms with Crippen molar-refractivity contribution in [2.45, 2.75) is 6.04 Å². The molecule has 258 valence electrons. The fourth-order valence-corrected chi connectivity index (χ4v) is 8.74. The Kier molecular flexibility index (Phi) is 7.24. The van der Waals surface area contributed by atoms with Gasteiger partial charge in [-0.15, -0.1) is 0 Å². The summed E-state index contributed by atoms with van der Waals surface area (Å²) < 4.78 is 2.45. The zero-order valence-corrected chi connectivity index (χ0v) is 30.0. The van der Waals surface area contributed by atoms with E-state index < -0.39 is 0 Å². The minimum Gasteiger partial charge on any atom is -0.359 e. The molecule has 1 aromatic heterocycles. The number of fused-ring (bicyclic) bond motifs is 10. The molecule has 0 saturated carbocycles. The molecule has 1 unspecified atom stereocenters. The molecule has 1 aliphatic heterocycles. The van der Waals surface area contributed by atoms with Crippen LogP contribution >= 0.6 is 0 Å². The molecule has 0 saturated heterocycles. The standard InChI is InChI=1S/C52H35N3/c1-4-17-34(18-5-1)36-21-16-22-37(31-36)47-33-46(35-19-6-2-7-20-35)53-52(54-47)45-32-44-40-26-11-13-28-42(40)51-50(49(44)41-27-12-10-25-39(41)45)43-29-14-15-30-48(43)55(51)38-23-8-3-9-24-38/h1-33,47H,(H,53,54). The Hall–Kier alpha value is -7.23. The number of rotatable bonds is 5. The number of hydrogen-bond acceptors (Lipinski definition) is 2. The molecule has 9 aromatic carbocycles. The summed E-state index contributed by atoms with van der Waals surface area (Å²) in [5.41, 5.74) is 10.3. The molecule has 0 spiro atoms. The lowest BCUT2D eigenvalue weighted by molar-refractivity contribution is 0.782. The number of aromatic nitrogens is 1. The van der Waals surface area contributed by atoms with Gasteiger partial charge in [-0.1, -0.05) is 164 Å². The first-order valence-electron chi connectivity index (χ1n) is 18.9. The highest BCUT2D eigenvalue weighted by molar-refractivity contribution is 6.38. The second-order valence-electron chi connectivity index (χ2n) is 14.3. The molecular weight excluding hydrogens is 667 g/mol. The quantitative estimate of drug-likeness (QED) is 0.178. The summed E-state index contributed by atoms with van der Waals surface area (Å²) in [7, 11) is 0. The molecule has 55 heavy (non-hydrogen) atoms. The van der Waals surface area contributed by atoms with Gasteiger partial charge in [0, 0.05) is 32.8 Å². The second-order valence-corrected chi connectivity index (χ2v) is 14.3. The van der Waals surface area contributed by atoms with E-state index in [2.05, 4.69) is 210 Å². The first kappa shape index (κ1) is 31.3. The van der Waals surface area contributed by atoms with Gasteiger partial charge in [0.1, 0.15) is 5.84 Å². The Bertz CT molecular complexity index is 3160. The van der Waals surface area contributed by atoms with Crippen molar-refractivity contribution in [3.8, 4) is 16.8 Å². The molecule has 0 aliphatic carbocycles. The van der Waals surface area contributed by atoms with Gasteiger partial charge < -0.3 is 9.88 Å². The van der Waals surface area contributed by atoms with Crippen LogP contribution in [0.1, 0.15) is 22.7 Å². The van der Waals surface area contributed by atoms with Crippen LogP contribution in [0.2, 0.25) is 0 Å². The minimum absolute atomic E-state index is 0.0936. The predicted octanol–water partition coefficient (Wildman–Crippen LogP) is 13.0. The lowest BCUT2D eigenvalue weighted by Gasteiger charge is -2.26. The minimum atomic E-state index is -0.0936. The third kappa shape index (κ3) is 5.09. The first-order chi connectivity index (χ1) is 27.3. The van der Waals surface area contributed by atoms with Gasteiger partial charge in [-0.2, -0.15) is 0 Å². The van der Waals surface area contributed by atoms with Crippen LogP contribution < -0.4 is 5.32 Å². The van der Waals surface area contributed by atoms with Gasteiger partial charge in [0.2, 0.25) is 0 Å². The Balaban J connectivity index is 1.20. The summed E-state index contributed by atoms with van der Waals surface area (Å²) in [5, 5.41) is 13.8. The van der Waals surface area contributed by atoms with Gasteiger partial charge in [0.05, 0.1) is 22.8 Å². The Labute approximate surface area is 319 Å². The highest BCUT2D eigenvalue weighted by Crippen LogP contribution is 2.46. The maximum absolute atomic E-state index is 5.43. The number of nitrogens with zero attached hydrogens (tertiary/aromatic N) is 2. The largest absolute Gasteiger partial charge is 0.359 e. The predicted molar refractivity (Wildman–Crippen MR) is 232 cm³/mol. The van der Waals surface area contributed by atoms with Crippen LogP contribution in [-0.2, 0) is 0 Å². The molecule has 10 aromatic rings. The smallest absolute Gasteiger partial charge is 0.135 e. The summed E-state index contributed by atoms with van der Waals surface area (Å²) in [4.78, 5) is 5.43. The molecule has 1 aliphatic rings. The highest BCUT2D eigenvalue weighted by Gasteiger charge is 2.25. The molecule has 1 N–H and O–H groups in total. The summed E-state index contributed by atoms with van der Waals surface area (Å²) in [6, 6.07) is 69.7. The van der Waals surface area contributed by atoms with Crippen molar-refractivity contribution in [1.29, 1.82) is 0 Å². The van der Waals surface area contributed by atoms with Crippen LogP contribution in [0, 0.1) is 0 Å². The number of nitrogens with one attached hydrogen (secondary N) is 1. The fraction of sp³-hybridized carbons (Fsp3) is 0.0192. The molecule has 11 rings (SSSR count). The van der Waals surface area contributed by atoms with Crippen LogP contribution in [0.5, 0.6) is 0 Å². The van der Waals surface area contributed by atoms with Gasteiger partial charge in [0.25, 0.3) is 0 Å². The number of aliphatic imine (C=N–C) groups is 1. The van der Waals surface area contributed by atoms with E-state index in [0.29, 0.717) is 0 Å². The molecule has 0 radical (unpaired) electrons. The van der Waals surface area contributed by atoms with Gasteiger partial charge in [0.15, 0.2) is 0 Å². The Morgan fingerprint density at radius 3 is 1.80 bits per heavy atom. The fourth-order valence-electron chi connectivity index (χ4n) is 8.74. The van der Waals surface area contributed by atoms with Crippen LogP contribution in [-0.4, -0.2) is 10.4 Å². The van der Waals surface area contributed by atoms with E-state index in [-0.39, 0.29) is 6.04 Å². The molecule has 3 nitrogen and oxygen atoms in total. The average molecular weight is 702 g/mol. The summed E-state index contributed by atoms with van der Waals surface area (Å²) >= 11 is 0. The lowest BCUT2D eigenvalue weighted by atomic mass is 9.89. The summed E-state index contributed by atoms with van der Waals surface area (Å²) in [6.45, 7) is 0. The van der Waals surface area contributed by atoms with E-state index in [1.54, 1.807) is 0 Å². The number of benzene rings is 9. The van der Waals surface area contributed by atoms with Crippen LogP contribution in [0.3, 0.4) is 0 Å². The molecule has 0 fully saturated rings. The lowest BCUT2D eigenvalue weighted by Crippen LogP contribution is -2.31. The van der Waals surface area contributed by atoms with E-state index in [1.807, 2.05) is 0 Å². The van der Waals surface area contributed by atoms with Gasteiger partial charge in [-0.25, -0.2) is 4.99 Å².